The molecule has 2 heteroatoms. The van der Waals surface area contributed by atoms with Gasteiger partial charge in [-0.3, -0.25) is 0 Å². The molecule has 0 aromatic carbocycles. The summed E-state index contributed by atoms with van der Waals surface area (Å²) in [7, 11) is 1.74. The van der Waals surface area contributed by atoms with E-state index in [4.69, 9.17) is 11.2 Å². The van der Waals surface area contributed by atoms with E-state index in [1.54, 1.807) is 7.11 Å². The SMILES string of the molecule is C#CCC(CC(C)COC)NCC. The maximum atomic E-state index is 5.29. The van der Waals surface area contributed by atoms with Crippen molar-refractivity contribution >= 4 is 0 Å². The normalized spacial score (nSPS) is 14.9. The number of ether oxygens (including phenoxy) is 1. The van der Waals surface area contributed by atoms with Crippen molar-refractivity contribution in [1.29, 1.82) is 0 Å². The molecule has 0 rings (SSSR count). The molecule has 0 amide bonds. The van der Waals surface area contributed by atoms with E-state index in [0.717, 1.165) is 26.0 Å². The largest absolute Gasteiger partial charge is 0.384 e. The summed E-state index contributed by atoms with van der Waals surface area (Å²) in [5.41, 5.74) is 0. The second-order valence-corrected chi connectivity index (χ2v) is 3.46. The van der Waals surface area contributed by atoms with Gasteiger partial charge < -0.3 is 10.1 Å². The Labute approximate surface area is 82.1 Å². The summed E-state index contributed by atoms with van der Waals surface area (Å²) in [4.78, 5) is 0. The fourth-order valence-electron chi connectivity index (χ4n) is 1.51. The van der Waals surface area contributed by atoms with Gasteiger partial charge in [-0.05, 0) is 18.9 Å². The van der Waals surface area contributed by atoms with E-state index in [9.17, 15) is 0 Å². The number of methoxy groups -OCH3 is 1. The van der Waals surface area contributed by atoms with Crippen LogP contribution in [-0.2, 0) is 4.74 Å². The van der Waals surface area contributed by atoms with Crippen LogP contribution in [0.4, 0.5) is 0 Å². The number of nitrogens with one attached hydrogen (secondary N) is 1. The molecule has 2 nitrogen and oxygen atoms in total. The van der Waals surface area contributed by atoms with Crippen molar-refractivity contribution in [2.24, 2.45) is 5.92 Å². The molecule has 0 spiro atoms. The molecule has 0 aliphatic carbocycles. The first kappa shape index (κ1) is 12.5. The number of hydrogen-bond donors (Lipinski definition) is 1. The number of hydrogen-bond acceptors (Lipinski definition) is 2. The molecule has 0 radical (unpaired) electrons. The van der Waals surface area contributed by atoms with Crippen LogP contribution in [0, 0.1) is 18.3 Å². The quantitative estimate of drug-likeness (QED) is 0.606. The van der Waals surface area contributed by atoms with E-state index in [1.165, 1.54) is 0 Å². The lowest BCUT2D eigenvalue weighted by Gasteiger charge is -2.19. The lowest BCUT2D eigenvalue weighted by Crippen LogP contribution is -2.31. The second kappa shape index (κ2) is 8.10. The van der Waals surface area contributed by atoms with Gasteiger partial charge in [0.1, 0.15) is 0 Å². The predicted molar refractivity (Wildman–Crippen MR) is 56.6 cm³/mol. The van der Waals surface area contributed by atoms with Crippen LogP contribution in [-0.4, -0.2) is 26.3 Å². The molecule has 0 aromatic heterocycles. The Kier molecular flexibility index (Phi) is 7.77. The number of terminal acetylenes is 1. The third kappa shape index (κ3) is 6.62. The lowest BCUT2D eigenvalue weighted by atomic mass is 10.0. The maximum Gasteiger partial charge on any atom is 0.0488 e. The first-order chi connectivity index (χ1) is 6.24. The van der Waals surface area contributed by atoms with Gasteiger partial charge in [0.15, 0.2) is 0 Å². The zero-order valence-electron chi connectivity index (χ0n) is 8.97. The van der Waals surface area contributed by atoms with Crippen molar-refractivity contribution in [1.82, 2.24) is 5.32 Å². The fourth-order valence-corrected chi connectivity index (χ4v) is 1.51. The highest BCUT2D eigenvalue weighted by atomic mass is 16.5. The van der Waals surface area contributed by atoms with Gasteiger partial charge in [0, 0.05) is 26.2 Å². The topological polar surface area (TPSA) is 21.3 Å². The van der Waals surface area contributed by atoms with Gasteiger partial charge in [0.25, 0.3) is 0 Å². The molecule has 2 atom stereocenters. The Morgan fingerprint density at radius 3 is 2.69 bits per heavy atom. The Bertz CT molecular complexity index is 151. The molecule has 0 bridgehead atoms. The van der Waals surface area contributed by atoms with Gasteiger partial charge in [0.05, 0.1) is 0 Å². The van der Waals surface area contributed by atoms with E-state index >= 15 is 0 Å². The molecule has 0 aromatic rings. The standard InChI is InChI=1S/C11H21NO/c1-5-7-11(12-6-2)8-10(3)9-13-4/h1,10-12H,6-9H2,2-4H3. The average Bonchev–Trinajstić information content (AvgIpc) is 2.05. The summed E-state index contributed by atoms with van der Waals surface area (Å²) in [6, 6.07) is 0.445. The molecule has 2 unspecified atom stereocenters. The Balaban J connectivity index is 3.73. The van der Waals surface area contributed by atoms with Crippen molar-refractivity contribution in [3.05, 3.63) is 0 Å². The molecule has 0 saturated carbocycles. The third-order valence-corrected chi connectivity index (χ3v) is 2.00. The van der Waals surface area contributed by atoms with Crippen LogP contribution in [0.1, 0.15) is 26.7 Å². The highest BCUT2D eigenvalue weighted by molar-refractivity contribution is 4.90. The van der Waals surface area contributed by atoms with Crippen LogP contribution < -0.4 is 5.32 Å². The van der Waals surface area contributed by atoms with Crippen molar-refractivity contribution in [2.75, 3.05) is 20.3 Å². The van der Waals surface area contributed by atoms with Crippen molar-refractivity contribution in [3.8, 4) is 12.3 Å². The fraction of sp³-hybridized carbons (Fsp3) is 0.818. The molecule has 0 aliphatic rings. The molecular weight excluding hydrogens is 162 g/mol. The smallest absolute Gasteiger partial charge is 0.0488 e. The third-order valence-electron chi connectivity index (χ3n) is 2.00. The van der Waals surface area contributed by atoms with E-state index in [0.29, 0.717) is 12.0 Å². The minimum Gasteiger partial charge on any atom is -0.384 e. The molecule has 1 N–H and O–H groups in total. The van der Waals surface area contributed by atoms with Gasteiger partial charge in [-0.25, -0.2) is 0 Å². The molecule has 0 fully saturated rings. The molecular formula is C11H21NO. The Morgan fingerprint density at radius 1 is 1.54 bits per heavy atom. The van der Waals surface area contributed by atoms with E-state index in [-0.39, 0.29) is 0 Å². The van der Waals surface area contributed by atoms with E-state index < -0.39 is 0 Å². The average molecular weight is 183 g/mol. The molecule has 13 heavy (non-hydrogen) atoms. The van der Waals surface area contributed by atoms with E-state index in [2.05, 4.69) is 25.1 Å². The van der Waals surface area contributed by atoms with Crippen molar-refractivity contribution in [3.63, 3.8) is 0 Å². The van der Waals surface area contributed by atoms with Crippen LogP contribution >= 0.6 is 0 Å². The summed E-state index contributed by atoms with van der Waals surface area (Å²) in [5, 5.41) is 3.37. The molecule has 76 valence electrons. The summed E-state index contributed by atoms with van der Waals surface area (Å²) in [6.45, 7) is 6.08. The van der Waals surface area contributed by atoms with Crippen LogP contribution in [0.15, 0.2) is 0 Å². The summed E-state index contributed by atoms with van der Waals surface area (Å²) in [5.74, 6) is 3.27. The van der Waals surface area contributed by atoms with Crippen molar-refractivity contribution in [2.45, 2.75) is 32.7 Å². The predicted octanol–water partition coefficient (Wildman–Crippen LogP) is 1.66. The lowest BCUT2D eigenvalue weighted by molar-refractivity contribution is 0.149. The van der Waals surface area contributed by atoms with Crippen LogP contribution in [0.25, 0.3) is 0 Å². The number of rotatable bonds is 7. The Morgan fingerprint density at radius 2 is 2.23 bits per heavy atom. The van der Waals surface area contributed by atoms with Crippen LogP contribution in [0.3, 0.4) is 0 Å². The van der Waals surface area contributed by atoms with Gasteiger partial charge in [-0.15, -0.1) is 12.3 Å². The Hall–Kier alpha value is -0.520. The zero-order chi connectivity index (χ0) is 10.1. The molecule has 0 aliphatic heterocycles. The van der Waals surface area contributed by atoms with E-state index in [1.807, 2.05) is 0 Å². The van der Waals surface area contributed by atoms with Gasteiger partial charge in [-0.1, -0.05) is 13.8 Å². The zero-order valence-corrected chi connectivity index (χ0v) is 8.97. The summed E-state index contributed by atoms with van der Waals surface area (Å²) >= 11 is 0. The van der Waals surface area contributed by atoms with Gasteiger partial charge in [0.2, 0.25) is 0 Å². The summed E-state index contributed by atoms with van der Waals surface area (Å²) < 4.78 is 5.08. The first-order valence-corrected chi connectivity index (χ1v) is 4.90. The second-order valence-electron chi connectivity index (χ2n) is 3.46. The highest BCUT2D eigenvalue weighted by Gasteiger charge is 2.10. The maximum absolute atomic E-state index is 5.29. The van der Waals surface area contributed by atoms with Crippen LogP contribution in [0.5, 0.6) is 0 Å². The minimum atomic E-state index is 0.445. The molecule has 0 saturated heterocycles. The molecule has 0 heterocycles. The summed E-state index contributed by atoms with van der Waals surface area (Å²) in [6.07, 6.45) is 7.18. The monoisotopic (exact) mass is 183 g/mol. The highest BCUT2D eigenvalue weighted by Crippen LogP contribution is 2.08. The van der Waals surface area contributed by atoms with Crippen LogP contribution in [0.2, 0.25) is 0 Å². The minimum absolute atomic E-state index is 0.445. The van der Waals surface area contributed by atoms with Gasteiger partial charge in [-0.2, -0.15) is 0 Å². The van der Waals surface area contributed by atoms with Crippen molar-refractivity contribution < 1.29 is 4.74 Å². The van der Waals surface area contributed by atoms with Gasteiger partial charge >= 0.3 is 0 Å². The first-order valence-electron chi connectivity index (χ1n) is 4.90.